The lowest BCUT2D eigenvalue weighted by atomic mass is 9.75. The third-order valence-electron chi connectivity index (χ3n) is 6.17. The van der Waals surface area contributed by atoms with Crippen molar-refractivity contribution < 1.29 is 24.2 Å². The SMILES string of the molecule is C=NO/C(C)=C\[C@](C)(O)C#Cc1cc2c(cc1F)C1CC(C1)n1c-2nc(C(N)=O)c1C(C)(C)O. The number of hydrogen-bond donors (Lipinski definition) is 3. The van der Waals surface area contributed by atoms with Crippen LogP contribution in [0.5, 0.6) is 0 Å². The molecule has 2 aromatic rings. The van der Waals surface area contributed by atoms with Crippen molar-refractivity contribution in [2.24, 2.45) is 10.9 Å². The predicted molar refractivity (Wildman–Crippen MR) is 124 cm³/mol. The molecule has 1 aliphatic carbocycles. The Kier molecular flexibility index (Phi) is 5.62. The molecule has 0 saturated heterocycles. The highest BCUT2D eigenvalue weighted by Gasteiger charge is 2.44. The highest BCUT2D eigenvalue weighted by atomic mass is 19.1. The van der Waals surface area contributed by atoms with Crippen molar-refractivity contribution in [1.29, 1.82) is 0 Å². The van der Waals surface area contributed by atoms with Crippen LogP contribution in [0.3, 0.4) is 0 Å². The molecule has 1 aromatic carbocycles. The number of aromatic nitrogens is 2. The summed E-state index contributed by atoms with van der Waals surface area (Å²) in [5.41, 5.74) is 4.42. The molecule has 1 atom stereocenters. The molecule has 3 aliphatic rings. The van der Waals surface area contributed by atoms with Crippen LogP contribution >= 0.6 is 0 Å². The average molecular weight is 467 g/mol. The Hall–Kier alpha value is -3.48. The van der Waals surface area contributed by atoms with Gasteiger partial charge in [0.2, 0.25) is 0 Å². The number of carbonyl (C=O) groups is 1. The number of carbonyl (C=O) groups excluding carboxylic acids is 1. The van der Waals surface area contributed by atoms with Gasteiger partial charge >= 0.3 is 0 Å². The lowest BCUT2D eigenvalue weighted by Gasteiger charge is -2.37. The number of nitrogens with two attached hydrogens (primary N) is 1. The van der Waals surface area contributed by atoms with Crippen molar-refractivity contribution >= 4 is 12.6 Å². The first-order valence-electron chi connectivity index (χ1n) is 10.9. The molecule has 0 radical (unpaired) electrons. The molecule has 3 heterocycles. The molecular formula is C25H27FN4O4. The number of hydrogen-bond acceptors (Lipinski definition) is 6. The van der Waals surface area contributed by atoms with Crippen molar-refractivity contribution in [3.8, 4) is 23.2 Å². The van der Waals surface area contributed by atoms with Crippen molar-refractivity contribution in [2.75, 3.05) is 0 Å². The summed E-state index contributed by atoms with van der Waals surface area (Å²) in [6, 6.07) is 3.03. The molecule has 1 fully saturated rings. The first-order chi connectivity index (χ1) is 15.8. The topological polar surface area (TPSA) is 123 Å². The number of allylic oxidation sites excluding steroid dienone is 1. The van der Waals surface area contributed by atoms with E-state index in [0.717, 1.165) is 18.4 Å². The van der Waals surface area contributed by atoms with Gasteiger partial charge in [-0.1, -0.05) is 17.0 Å². The molecule has 1 amide bonds. The smallest absolute Gasteiger partial charge is 0.269 e. The molecule has 0 unspecified atom stereocenters. The normalized spacial score (nSPS) is 20.5. The Labute approximate surface area is 196 Å². The molecule has 1 saturated carbocycles. The average Bonchev–Trinajstić information content (AvgIpc) is 2.97. The Morgan fingerprint density at radius 1 is 1.38 bits per heavy atom. The van der Waals surface area contributed by atoms with Crippen molar-refractivity contribution in [3.63, 3.8) is 0 Å². The molecule has 0 spiro atoms. The largest absolute Gasteiger partial charge is 0.384 e. The molecule has 34 heavy (non-hydrogen) atoms. The van der Waals surface area contributed by atoms with E-state index in [0.29, 0.717) is 17.1 Å². The van der Waals surface area contributed by atoms with Crippen LogP contribution < -0.4 is 5.73 Å². The highest BCUT2D eigenvalue weighted by Crippen LogP contribution is 2.54. The number of halogens is 1. The fraction of sp³-hybridized carbons (Fsp3) is 0.400. The number of amides is 1. The van der Waals surface area contributed by atoms with Crippen LogP contribution in [-0.4, -0.2) is 38.0 Å². The van der Waals surface area contributed by atoms with Crippen LogP contribution in [0.4, 0.5) is 4.39 Å². The van der Waals surface area contributed by atoms with E-state index in [2.05, 4.69) is 28.7 Å². The predicted octanol–water partition coefficient (Wildman–Crippen LogP) is 3.09. The molecular weight excluding hydrogens is 439 g/mol. The number of primary amides is 1. The second-order valence-electron chi connectivity index (χ2n) is 9.54. The third-order valence-corrected chi connectivity index (χ3v) is 6.17. The summed E-state index contributed by atoms with van der Waals surface area (Å²) in [4.78, 5) is 21.5. The molecule has 1 aromatic heterocycles. The summed E-state index contributed by atoms with van der Waals surface area (Å²) in [6.45, 7) is 9.39. The minimum absolute atomic E-state index is 0.00451. The van der Waals surface area contributed by atoms with Gasteiger partial charge in [0.1, 0.15) is 28.6 Å². The highest BCUT2D eigenvalue weighted by molar-refractivity contribution is 5.93. The van der Waals surface area contributed by atoms with E-state index >= 15 is 4.39 Å². The van der Waals surface area contributed by atoms with Crippen LogP contribution in [0.15, 0.2) is 29.1 Å². The third kappa shape index (κ3) is 4.11. The quantitative estimate of drug-likeness (QED) is 0.270. The van der Waals surface area contributed by atoms with Gasteiger partial charge in [0.25, 0.3) is 5.91 Å². The molecule has 5 rings (SSSR count). The summed E-state index contributed by atoms with van der Waals surface area (Å²) in [5, 5.41) is 24.6. The van der Waals surface area contributed by atoms with Gasteiger partial charge in [0.05, 0.1) is 11.3 Å². The van der Waals surface area contributed by atoms with Gasteiger partial charge in [-0.2, -0.15) is 0 Å². The maximum atomic E-state index is 15.0. The van der Waals surface area contributed by atoms with E-state index < -0.39 is 22.9 Å². The van der Waals surface area contributed by atoms with Crippen LogP contribution in [0.1, 0.15) is 79.8 Å². The number of oxime groups is 1. The van der Waals surface area contributed by atoms with Gasteiger partial charge in [-0.3, -0.25) is 4.79 Å². The Bertz CT molecular complexity index is 1280. The first-order valence-corrected chi connectivity index (χ1v) is 10.9. The van der Waals surface area contributed by atoms with Gasteiger partial charge in [0, 0.05) is 18.3 Å². The monoisotopic (exact) mass is 466 g/mol. The summed E-state index contributed by atoms with van der Waals surface area (Å²) < 4.78 is 16.9. The van der Waals surface area contributed by atoms with E-state index in [-0.39, 0.29) is 29.0 Å². The number of aliphatic hydroxyl groups is 2. The first kappa shape index (κ1) is 23.7. The van der Waals surface area contributed by atoms with Gasteiger partial charge in [-0.05, 0) is 70.2 Å². The Balaban J connectivity index is 1.88. The molecule has 2 aliphatic heterocycles. The molecule has 4 N–H and O–H groups in total. The summed E-state index contributed by atoms with van der Waals surface area (Å²) in [7, 11) is 0. The maximum Gasteiger partial charge on any atom is 0.269 e. The Morgan fingerprint density at radius 2 is 2.06 bits per heavy atom. The second kappa shape index (κ2) is 8.08. The number of benzene rings is 1. The molecule has 8 nitrogen and oxygen atoms in total. The van der Waals surface area contributed by atoms with Crippen molar-refractivity contribution in [2.45, 2.75) is 63.7 Å². The van der Waals surface area contributed by atoms with E-state index in [4.69, 9.17) is 10.6 Å². The molecule has 178 valence electrons. The number of rotatable bonds is 5. The zero-order valence-electron chi connectivity index (χ0n) is 19.5. The maximum absolute atomic E-state index is 15.0. The standard InChI is InChI=1S/C25H27FN4O4/c1-13(34-28-5)12-25(4,33)7-6-14-10-18-17(11-19(14)26)15-8-16(9-15)30-21(24(2,3)32)20(22(27)31)29-23(18)30/h10-12,15-16,32-33H,5,8-9H2,1-4H3,(H2,27,31)/b13-12-/t15?,16?,25-/m1/s1. The second-order valence-corrected chi connectivity index (χ2v) is 9.54. The number of nitrogens with zero attached hydrogens (tertiary/aromatic N) is 3. The van der Waals surface area contributed by atoms with E-state index in [1.54, 1.807) is 26.8 Å². The van der Waals surface area contributed by atoms with Gasteiger partial charge in [-0.15, -0.1) is 0 Å². The number of imidazole rings is 1. The van der Waals surface area contributed by atoms with Crippen molar-refractivity contribution in [1.82, 2.24) is 9.55 Å². The van der Waals surface area contributed by atoms with E-state index in [9.17, 15) is 15.0 Å². The van der Waals surface area contributed by atoms with Gasteiger partial charge in [-0.25, -0.2) is 9.37 Å². The molecule has 9 heteroatoms. The fourth-order valence-corrected chi connectivity index (χ4v) is 4.76. The van der Waals surface area contributed by atoms with Crippen LogP contribution in [0, 0.1) is 17.7 Å². The minimum Gasteiger partial charge on any atom is -0.384 e. The molecule has 2 bridgehead atoms. The van der Waals surface area contributed by atoms with Crippen LogP contribution in [-0.2, 0) is 10.4 Å². The van der Waals surface area contributed by atoms with Crippen LogP contribution in [0.2, 0.25) is 0 Å². The van der Waals surface area contributed by atoms with E-state index in [1.807, 2.05) is 4.57 Å². The summed E-state index contributed by atoms with van der Waals surface area (Å²) in [6.07, 6.45) is 2.81. The van der Waals surface area contributed by atoms with E-state index in [1.165, 1.54) is 19.1 Å². The lowest BCUT2D eigenvalue weighted by Crippen LogP contribution is -2.31. The van der Waals surface area contributed by atoms with Crippen LogP contribution in [0.25, 0.3) is 11.4 Å². The van der Waals surface area contributed by atoms with Crippen molar-refractivity contribution in [3.05, 3.63) is 52.3 Å². The summed E-state index contributed by atoms with van der Waals surface area (Å²) in [5.74, 6) is 4.94. The lowest BCUT2D eigenvalue weighted by molar-refractivity contribution is 0.0625. The van der Waals surface area contributed by atoms with Gasteiger partial charge < -0.3 is 25.4 Å². The zero-order chi connectivity index (χ0) is 25.0. The fourth-order valence-electron chi connectivity index (χ4n) is 4.76. The summed E-state index contributed by atoms with van der Waals surface area (Å²) >= 11 is 0. The minimum atomic E-state index is -1.61. The Morgan fingerprint density at radius 3 is 2.65 bits per heavy atom. The van der Waals surface area contributed by atoms with Gasteiger partial charge in [0.15, 0.2) is 5.69 Å². The zero-order valence-corrected chi connectivity index (χ0v) is 19.5.